The van der Waals surface area contributed by atoms with Crippen molar-refractivity contribution in [1.29, 1.82) is 0 Å². The van der Waals surface area contributed by atoms with E-state index in [0.29, 0.717) is 30.8 Å². The van der Waals surface area contributed by atoms with Crippen LogP contribution >= 0.6 is 0 Å². The third kappa shape index (κ3) is 4.12. The Morgan fingerprint density at radius 2 is 2.06 bits per heavy atom. The summed E-state index contributed by atoms with van der Waals surface area (Å²) in [5, 5.41) is 11.2. The minimum absolute atomic E-state index is 0.110. The number of aliphatic hydroxyl groups is 1. The van der Waals surface area contributed by atoms with E-state index in [-0.39, 0.29) is 11.3 Å². The maximum absolute atomic E-state index is 13.1. The highest BCUT2D eigenvalue weighted by atomic mass is 16.5. The molecule has 1 saturated heterocycles. The van der Waals surface area contributed by atoms with Crippen LogP contribution in [-0.2, 0) is 16.0 Å². The van der Waals surface area contributed by atoms with Crippen LogP contribution in [0.5, 0.6) is 5.75 Å². The van der Waals surface area contributed by atoms with Crippen molar-refractivity contribution in [2.75, 3.05) is 32.8 Å². The van der Waals surface area contributed by atoms with Crippen molar-refractivity contribution >= 4 is 17.4 Å². The number of aliphatic hydroxyl groups excluding tert-OH is 1. The zero-order chi connectivity index (χ0) is 22.7. The summed E-state index contributed by atoms with van der Waals surface area (Å²) in [4.78, 5) is 34.1. The minimum Gasteiger partial charge on any atom is -0.507 e. The van der Waals surface area contributed by atoms with Gasteiger partial charge in [0.1, 0.15) is 11.5 Å². The predicted molar refractivity (Wildman–Crippen MR) is 121 cm³/mol. The number of ketones is 1. The Bertz CT molecular complexity index is 1030. The average Bonchev–Trinajstić information content (AvgIpc) is 3.09. The van der Waals surface area contributed by atoms with Crippen molar-refractivity contribution in [3.8, 4) is 5.75 Å². The predicted octanol–water partition coefficient (Wildman–Crippen LogP) is 3.17. The number of aromatic nitrogens is 1. The van der Waals surface area contributed by atoms with E-state index in [4.69, 9.17) is 4.74 Å². The standard InChI is InChI=1S/C25H29N3O4/c1-3-27(4-2)12-13-28-22(19-7-5-11-26-16-19)21(24(30)25(28)31)23(29)18-9-10-20-17(15-18)8-6-14-32-20/h5,7,9-11,15-16,22,29H,3-4,6,8,12-14H2,1-2H3/b23-21-. The summed E-state index contributed by atoms with van der Waals surface area (Å²) in [5.41, 5.74) is 2.33. The molecule has 4 rings (SSSR count). The zero-order valence-electron chi connectivity index (χ0n) is 18.6. The smallest absolute Gasteiger partial charge is 0.295 e. The van der Waals surface area contributed by atoms with Crippen LogP contribution in [-0.4, -0.2) is 64.4 Å². The van der Waals surface area contributed by atoms with E-state index in [1.54, 1.807) is 29.4 Å². The molecule has 1 amide bonds. The van der Waals surface area contributed by atoms with Crippen molar-refractivity contribution in [3.05, 3.63) is 65.0 Å². The molecule has 0 saturated carbocycles. The summed E-state index contributed by atoms with van der Waals surface area (Å²) >= 11 is 0. The summed E-state index contributed by atoms with van der Waals surface area (Å²) in [7, 11) is 0. The highest BCUT2D eigenvalue weighted by molar-refractivity contribution is 6.46. The second-order valence-electron chi connectivity index (χ2n) is 8.08. The maximum Gasteiger partial charge on any atom is 0.295 e. The van der Waals surface area contributed by atoms with E-state index in [0.717, 1.165) is 37.2 Å². The molecule has 1 fully saturated rings. The third-order valence-electron chi connectivity index (χ3n) is 6.27. The van der Waals surface area contributed by atoms with Gasteiger partial charge in [-0.25, -0.2) is 0 Å². The SMILES string of the molecule is CCN(CC)CCN1C(=O)C(=O)/C(=C(\O)c2ccc3c(c2)CCCO3)C1c1cccnc1. The number of likely N-dealkylation sites (tertiary alicyclic amines) is 1. The fraction of sp³-hybridized carbons (Fsp3) is 0.400. The average molecular weight is 436 g/mol. The van der Waals surface area contributed by atoms with Crippen molar-refractivity contribution < 1.29 is 19.4 Å². The van der Waals surface area contributed by atoms with Crippen molar-refractivity contribution in [3.63, 3.8) is 0 Å². The number of benzene rings is 1. The molecule has 0 bridgehead atoms. The van der Waals surface area contributed by atoms with Gasteiger partial charge in [-0.1, -0.05) is 19.9 Å². The molecule has 0 spiro atoms. The molecule has 2 aliphatic heterocycles. The van der Waals surface area contributed by atoms with Crippen LogP contribution in [0.4, 0.5) is 0 Å². The zero-order valence-corrected chi connectivity index (χ0v) is 18.6. The Balaban J connectivity index is 1.76. The first-order chi connectivity index (χ1) is 15.5. The third-order valence-corrected chi connectivity index (χ3v) is 6.27. The number of carbonyl (C=O) groups is 2. The Morgan fingerprint density at radius 1 is 1.25 bits per heavy atom. The van der Waals surface area contributed by atoms with Crippen molar-refractivity contribution in [1.82, 2.24) is 14.8 Å². The van der Waals surface area contributed by atoms with Crippen LogP contribution < -0.4 is 4.74 Å². The number of rotatable bonds is 7. The van der Waals surface area contributed by atoms with E-state index in [1.807, 2.05) is 18.2 Å². The number of hydrogen-bond donors (Lipinski definition) is 1. The number of aryl methyl sites for hydroxylation is 1. The van der Waals surface area contributed by atoms with Gasteiger partial charge >= 0.3 is 0 Å². The molecule has 7 nitrogen and oxygen atoms in total. The van der Waals surface area contributed by atoms with Gasteiger partial charge in [0.05, 0.1) is 18.2 Å². The van der Waals surface area contributed by atoms with Crippen molar-refractivity contribution in [2.45, 2.75) is 32.7 Å². The number of carbonyl (C=O) groups excluding carboxylic acids is 2. The minimum atomic E-state index is -0.674. The van der Waals surface area contributed by atoms with Crippen LogP contribution in [0.3, 0.4) is 0 Å². The normalized spacial score (nSPS) is 19.8. The van der Waals surface area contributed by atoms with Crippen LogP contribution in [0.15, 0.2) is 48.3 Å². The Labute approximate surface area is 188 Å². The number of fused-ring (bicyclic) bond motifs is 1. The van der Waals surface area contributed by atoms with Crippen LogP contribution in [0.1, 0.15) is 43.0 Å². The van der Waals surface area contributed by atoms with E-state index in [9.17, 15) is 14.7 Å². The van der Waals surface area contributed by atoms with E-state index in [2.05, 4.69) is 23.7 Å². The number of nitrogens with zero attached hydrogens (tertiary/aromatic N) is 3. The van der Waals surface area contributed by atoms with Crippen LogP contribution in [0.25, 0.3) is 5.76 Å². The summed E-state index contributed by atoms with van der Waals surface area (Å²) < 4.78 is 5.67. The largest absolute Gasteiger partial charge is 0.507 e. The molecule has 1 N–H and O–H groups in total. The quantitative estimate of drug-likeness (QED) is 0.409. The molecular weight excluding hydrogens is 406 g/mol. The summed E-state index contributed by atoms with van der Waals surface area (Å²) in [6.07, 6.45) is 5.05. The number of ether oxygens (including phenoxy) is 1. The maximum atomic E-state index is 13.1. The second kappa shape index (κ2) is 9.53. The van der Waals surface area contributed by atoms with Gasteiger partial charge in [0.15, 0.2) is 0 Å². The second-order valence-corrected chi connectivity index (χ2v) is 8.08. The molecule has 1 atom stereocenters. The number of pyridine rings is 1. The fourth-order valence-electron chi connectivity index (χ4n) is 4.45. The molecule has 7 heteroatoms. The first-order valence-corrected chi connectivity index (χ1v) is 11.2. The highest BCUT2D eigenvalue weighted by Gasteiger charge is 2.46. The van der Waals surface area contributed by atoms with Crippen molar-refractivity contribution in [2.24, 2.45) is 0 Å². The van der Waals surface area contributed by atoms with Crippen LogP contribution in [0, 0.1) is 0 Å². The molecule has 0 radical (unpaired) electrons. The van der Waals surface area contributed by atoms with Gasteiger partial charge in [-0.15, -0.1) is 0 Å². The lowest BCUT2D eigenvalue weighted by Crippen LogP contribution is -2.38. The van der Waals surface area contributed by atoms with Gasteiger partial charge < -0.3 is 19.6 Å². The highest BCUT2D eigenvalue weighted by Crippen LogP contribution is 2.39. The lowest BCUT2D eigenvalue weighted by molar-refractivity contribution is -0.140. The molecule has 32 heavy (non-hydrogen) atoms. The summed E-state index contributed by atoms with van der Waals surface area (Å²) in [6.45, 7) is 7.56. The number of amides is 1. The molecule has 2 aliphatic rings. The number of hydrogen-bond acceptors (Lipinski definition) is 6. The van der Waals surface area contributed by atoms with Gasteiger partial charge in [0, 0.05) is 31.0 Å². The van der Waals surface area contributed by atoms with E-state index in [1.165, 1.54) is 0 Å². The van der Waals surface area contributed by atoms with E-state index >= 15 is 0 Å². The lowest BCUT2D eigenvalue weighted by atomic mass is 9.94. The summed E-state index contributed by atoms with van der Waals surface area (Å²) in [6, 6.07) is 8.35. The van der Waals surface area contributed by atoms with Gasteiger partial charge in [-0.2, -0.15) is 0 Å². The first-order valence-electron chi connectivity index (χ1n) is 11.2. The molecule has 3 heterocycles. The number of Topliss-reactive ketones (excluding diaryl/α,β-unsaturated/α-hetero) is 1. The monoisotopic (exact) mass is 435 g/mol. The molecule has 0 aliphatic carbocycles. The first kappa shape index (κ1) is 22.0. The summed E-state index contributed by atoms with van der Waals surface area (Å²) in [5.74, 6) is -0.606. The van der Waals surface area contributed by atoms with Gasteiger partial charge in [0.25, 0.3) is 11.7 Å². The molecule has 2 aromatic rings. The van der Waals surface area contributed by atoms with Gasteiger partial charge in [-0.05, 0) is 61.3 Å². The Morgan fingerprint density at radius 3 is 2.78 bits per heavy atom. The fourth-order valence-corrected chi connectivity index (χ4v) is 4.45. The molecule has 1 aromatic heterocycles. The van der Waals surface area contributed by atoms with E-state index < -0.39 is 17.7 Å². The van der Waals surface area contributed by atoms with Gasteiger partial charge in [-0.3, -0.25) is 14.6 Å². The Kier molecular flexibility index (Phi) is 6.55. The Hall–Kier alpha value is -3.19. The molecule has 168 valence electrons. The topological polar surface area (TPSA) is 83.0 Å². The molecule has 1 aromatic carbocycles. The molecule has 1 unspecified atom stereocenters. The number of likely N-dealkylation sites (N-methyl/N-ethyl adjacent to an activating group) is 1. The van der Waals surface area contributed by atoms with Crippen LogP contribution in [0.2, 0.25) is 0 Å². The van der Waals surface area contributed by atoms with Gasteiger partial charge in [0.2, 0.25) is 0 Å². The molecular formula is C25H29N3O4. The lowest BCUT2D eigenvalue weighted by Gasteiger charge is -2.28.